The summed E-state index contributed by atoms with van der Waals surface area (Å²) in [6, 6.07) is 0.707. The number of nitrogens with one attached hydrogen (secondary N) is 3. The fourth-order valence-corrected chi connectivity index (χ4v) is 4.85. The molecule has 0 aromatic rings. The van der Waals surface area contributed by atoms with Gasteiger partial charge in [-0.25, -0.2) is 0 Å². The van der Waals surface area contributed by atoms with Crippen molar-refractivity contribution < 1.29 is 9.90 Å². The molecular weight excluding hydrogens is 336 g/mol. The molecule has 7 heteroatoms. The fraction of sp³-hybridized carbons (Fsp3) is 0.889. The number of rotatable bonds is 6. The van der Waals surface area contributed by atoms with Crippen molar-refractivity contribution in [2.75, 3.05) is 24.6 Å². The SMILES string of the molecule is CCNC(=NCC1(O)CCSC1)NC1CCCC(C(=O)NC2CC2)C1. The highest BCUT2D eigenvalue weighted by Crippen LogP contribution is 2.28. The summed E-state index contributed by atoms with van der Waals surface area (Å²) in [5.74, 6) is 2.89. The molecule has 3 rings (SSSR count). The van der Waals surface area contributed by atoms with Crippen molar-refractivity contribution in [2.45, 2.75) is 69.6 Å². The van der Waals surface area contributed by atoms with E-state index in [-0.39, 0.29) is 17.9 Å². The van der Waals surface area contributed by atoms with Crippen LogP contribution in [0.2, 0.25) is 0 Å². The van der Waals surface area contributed by atoms with Crippen molar-refractivity contribution in [1.29, 1.82) is 0 Å². The molecule has 3 atom stereocenters. The highest BCUT2D eigenvalue weighted by atomic mass is 32.2. The first-order valence-corrected chi connectivity index (χ1v) is 10.9. The molecule has 1 aliphatic heterocycles. The van der Waals surface area contributed by atoms with E-state index in [1.165, 1.54) is 0 Å². The van der Waals surface area contributed by atoms with Gasteiger partial charge in [-0.15, -0.1) is 0 Å². The van der Waals surface area contributed by atoms with Gasteiger partial charge in [0, 0.05) is 30.3 Å². The van der Waals surface area contributed by atoms with Crippen molar-refractivity contribution in [3.8, 4) is 0 Å². The molecule has 25 heavy (non-hydrogen) atoms. The van der Waals surface area contributed by atoms with Gasteiger partial charge >= 0.3 is 0 Å². The number of hydrogen-bond donors (Lipinski definition) is 4. The second-order valence-corrected chi connectivity index (χ2v) is 8.81. The number of thioether (sulfide) groups is 1. The van der Waals surface area contributed by atoms with Crippen LogP contribution in [0.5, 0.6) is 0 Å². The van der Waals surface area contributed by atoms with Gasteiger partial charge in [0.25, 0.3) is 0 Å². The van der Waals surface area contributed by atoms with E-state index in [0.717, 1.165) is 69.0 Å². The van der Waals surface area contributed by atoms with Crippen molar-refractivity contribution in [2.24, 2.45) is 10.9 Å². The Bertz CT molecular complexity index is 489. The molecule has 2 aliphatic carbocycles. The molecule has 3 fully saturated rings. The van der Waals surface area contributed by atoms with Crippen LogP contribution < -0.4 is 16.0 Å². The average molecular weight is 369 g/mol. The molecule has 4 N–H and O–H groups in total. The summed E-state index contributed by atoms with van der Waals surface area (Å²) in [6.07, 6.45) is 7.08. The minimum atomic E-state index is -0.660. The summed E-state index contributed by atoms with van der Waals surface area (Å²) < 4.78 is 0. The number of amides is 1. The number of nitrogens with zero attached hydrogens (tertiary/aromatic N) is 1. The van der Waals surface area contributed by atoms with Gasteiger partial charge in [-0.2, -0.15) is 11.8 Å². The Morgan fingerprint density at radius 2 is 2.08 bits per heavy atom. The van der Waals surface area contributed by atoms with E-state index in [0.29, 0.717) is 12.6 Å². The van der Waals surface area contributed by atoms with E-state index in [2.05, 4.69) is 20.9 Å². The summed E-state index contributed by atoms with van der Waals surface area (Å²) in [5.41, 5.74) is -0.660. The molecule has 142 valence electrons. The molecule has 0 aromatic carbocycles. The Hall–Kier alpha value is -0.950. The van der Waals surface area contributed by atoms with Crippen molar-refractivity contribution in [3.63, 3.8) is 0 Å². The van der Waals surface area contributed by atoms with Crippen LogP contribution in [0.15, 0.2) is 4.99 Å². The highest BCUT2D eigenvalue weighted by molar-refractivity contribution is 7.99. The third-order valence-electron chi connectivity index (χ3n) is 5.27. The van der Waals surface area contributed by atoms with Gasteiger partial charge < -0.3 is 21.1 Å². The summed E-state index contributed by atoms with van der Waals surface area (Å²) in [6.45, 7) is 3.27. The zero-order valence-corrected chi connectivity index (χ0v) is 16.0. The number of aliphatic hydroxyl groups is 1. The normalized spacial score (nSPS) is 33.1. The molecule has 3 unspecified atom stereocenters. The van der Waals surface area contributed by atoms with Gasteiger partial charge in [0.15, 0.2) is 5.96 Å². The second-order valence-electron chi connectivity index (χ2n) is 7.71. The lowest BCUT2D eigenvalue weighted by Crippen LogP contribution is -2.48. The molecule has 1 amide bonds. The number of carbonyl (C=O) groups excluding carboxylic acids is 1. The lowest BCUT2D eigenvalue weighted by atomic mass is 9.85. The first-order valence-electron chi connectivity index (χ1n) is 9.73. The summed E-state index contributed by atoms with van der Waals surface area (Å²) in [5, 5.41) is 20.4. The van der Waals surface area contributed by atoms with E-state index in [1.807, 2.05) is 6.92 Å². The Kier molecular flexibility index (Phi) is 6.49. The Morgan fingerprint density at radius 3 is 2.76 bits per heavy atom. The van der Waals surface area contributed by atoms with Gasteiger partial charge in [-0.3, -0.25) is 9.79 Å². The van der Waals surface area contributed by atoms with Gasteiger partial charge in [-0.05, 0) is 51.2 Å². The molecule has 1 heterocycles. The van der Waals surface area contributed by atoms with Crippen LogP contribution in [0.1, 0.15) is 51.9 Å². The third kappa shape index (κ3) is 5.78. The molecule has 1 saturated heterocycles. The van der Waals surface area contributed by atoms with Crippen LogP contribution in [-0.2, 0) is 4.79 Å². The molecule has 0 bridgehead atoms. The molecule has 2 saturated carbocycles. The zero-order chi connectivity index (χ0) is 17.7. The molecule has 0 spiro atoms. The van der Waals surface area contributed by atoms with Crippen LogP contribution in [0, 0.1) is 5.92 Å². The zero-order valence-electron chi connectivity index (χ0n) is 15.2. The lowest BCUT2D eigenvalue weighted by Gasteiger charge is -2.30. The standard InChI is InChI=1S/C18H32N4O2S/c1-2-19-17(20-11-18(24)8-9-25-12-18)22-15-5-3-4-13(10-15)16(23)21-14-6-7-14/h13-15,24H,2-12H2,1H3,(H,21,23)(H2,19,20,22). The topological polar surface area (TPSA) is 85.8 Å². The predicted octanol–water partition coefficient (Wildman–Crippen LogP) is 1.25. The highest BCUT2D eigenvalue weighted by Gasteiger charge is 2.33. The van der Waals surface area contributed by atoms with Gasteiger partial charge in [0.1, 0.15) is 0 Å². The fourth-order valence-electron chi connectivity index (χ4n) is 3.57. The maximum Gasteiger partial charge on any atom is 0.223 e. The van der Waals surface area contributed by atoms with E-state index in [9.17, 15) is 9.90 Å². The minimum absolute atomic E-state index is 0.116. The molecule has 6 nitrogen and oxygen atoms in total. The first-order chi connectivity index (χ1) is 12.1. The number of hydrogen-bond acceptors (Lipinski definition) is 4. The Morgan fingerprint density at radius 1 is 1.24 bits per heavy atom. The second kappa shape index (κ2) is 8.62. The largest absolute Gasteiger partial charge is 0.387 e. The van der Waals surface area contributed by atoms with Gasteiger partial charge in [0.05, 0.1) is 12.1 Å². The molecule has 0 aromatic heterocycles. The van der Waals surface area contributed by atoms with Crippen LogP contribution in [0.25, 0.3) is 0 Å². The first kappa shape index (κ1) is 18.8. The van der Waals surface area contributed by atoms with Crippen LogP contribution >= 0.6 is 11.8 Å². The third-order valence-corrected chi connectivity index (χ3v) is 6.50. The smallest absolute Gasteiger partial charge is 0.223 e. The van der Waals surface area contributed by atoms with E-state index < -0.39 is 5.60 Å². The predicted molar refractivity (Wildman–Crippen MR) is 103 cm³/mol. The van der Waals surface area contributed by atoms with E-state index >= 15 is 0 Å². The molecule has 0 radical (unpaired) electrons. The Labute approximate surface area is 155 Å². The minimum Gasteiger partial charge on any atom is -0.387 e. The van der Waals surface area contributed by atoms with Crippen molar-refractivity contribution >= 4 is 23.6 Å². The van der Waals surface area contributed by atoms with E-state index in [1.54, 1.807) is 11.8 Å². The van der Waals surface area contributed by atoms with Gasteiger partial charge in [0.2, 0.25) is 5.91 Å². The van der Waals surface area contributed by atoms with Crippen LogP contribution in [0.3, 0.4) is 0 Å². The summed E-state index contributed by atoms with van der Waals surface area (Å²) in [4.78, 5) is 16.9. The van der Waals surface area contributed by atoms with Crippen LogP contribution in [-0.4, -0.2) is 59.3 Å². The quantitative estimate of drug-likeness (QED) is 0.419. The number of guanidine groups is 1. The number of aliphatic imine (C=N–C) groups is 1. The maximum atomic E-state index is 12.3. The van der Waals surface area contributed by atoms with Crippen molar-refractivity contribution in [1.82, 2.24) is 16.0 Å². The van der Waals surface area contributed by atoms with Gasteiger partial charge in [-0.1, -0.05) is 6.42 Å². The average Bonchev–Trinajstić information content (AvgIpc) is 3.31. The maximum absolute atomic E-state index is 12.3. The summed E-state index contributed by atoms with van der Waals surface area (Å²) in [7, 11) is 0. The van der Waals surface area contributed by atoms with Crippen LogP contribution in [0.4, 0.5) is 0 Å². The Balaban J connectivity index is 1.52. The summed E-state index contributed by atoms with van der Waals surface area (Å²) >= 11 is 1.79. The van der Waals surface area contributed by atoms with Crippen molar-refractivity contribution in [3.05, 3.63) is 0 Å². The van der Waals surface area contributed by atoms with E-state index in [4.69, 9.17) is 0 Å². The molecular formula is C18H32N4O2S. The lowest BCUT2D eigenvalue weighted by molar-refractivity contribution is -0.126. The number of carbonyl (C=O) groups is 1. The molecule has 3 aliphatic rings. The monoisotopic (exact) mass is 368 g/mol.